The van der Waals surface area contributed by atoms with Gasteiger partial charge in [-0.15, -0.1) is 11.8 Å². The highest BCUT2D eigenvalue weighted by atomic mass is 32.2. The fraction of sp³-hybridized carbons (Fsp3) is 0.389. The molecule has 0 aromatic heterocycles. The highest BCUT2D eigenvalue weighted by Crippen LogP contribution is 2.09. The van der Waals surface area contributed by atoms with Gasteiger partial charge in [0.1, 0.15) is 12.1 Å². The number of quaternary nitrogens is 1. The van der Waals surface area contributed by atoms with Crippen molar-refractivity contribution >= 4 is 47.1 Å². The average Bonchev–Trinajstić information content (AvgIpc) is 2.70. The molecule has 164 valence electrons. The number of nitrogens with one attached hydrogen (secondary N) is 3. The van der Waals surface area contributed by atoms with Gasteiger partial charge in [0.25, 0.3) is 0 Å². The fourth-order valence-corrected chi connectivity index (χ4v) is 2.99. The molecule has 0 saturated heterocycles. The predicted molar refractivity (Wildman–Crippen MR) is 103 cm³/mol. The lowest BCUT2D eigenvalue weighted by Gasteiger charge is -2.19. The third-order valence-electron chi connectivity index (χ3n) is 3.69. The van der Waals surface area contributed by atoms with Gasteiger partial charge in [0.05, 0.1) is 24.2 Å². The average molecular weight is 439 g/mol. The second-order valence-electron chi connectivity index (χ2n) is 6.19. The van der Waals surface area contributed by atoms with Crippen molar-refractivity contribution in [3.63, 3.8) is 0 Å². The molecular formula is C18H23N4O7S-. The first kappa shape index (κ1) is 24.9. The summed E-state index contributed by atoms with van der Waals surface area (Å²) in [7, 11) is 0. The summed E-state index contributed by atoms with van der Waals surface area (Å²) in [6.07, 6.45) is -0.306. The number of carboxylic acid groups (broad SMARTS) is 2. The van der Waals surface area contributed by atoms with Gasteiger partial charge in [-0.3, -0.25) is 14.4 Å². The van der Waals surface area contributed by atoms with Crippen molar-refractivity contribution in [1.29, 1.82) is 0 Å². The van der Waals surface area contributed by atoms with Crippen LogP contribution in [0.1, 0.15) is 12.8 Å². The summed E-state index contributed by atoms with van der Waals surface area (Å²) < 4.78 is 0. The summed E-state index contributed by atoms with van der Waals surface area (Å²) >= 11 is 1.06. The molecule has 12 heteroatoms. The molecule has 3 amide bonds. The van der Waals surface area contributed by atoms with E-state index < -0.39 is 42.4 Å². The Labute approximate surface area is 176 Å². The van der Waals surface area contributed by atoms with Gasteiger partial charge in [0, 0.05) is 24.3 Å². The molecule has 0 saturated carbocycles. The van der Waals surface area contributed by atoms with Gasteiger partial charge in [0.15, 0.2) is 0 Å². The standard InChI is InChI=1S/C18H24N4O7S/c19-12(18(28)29)6-7-14(23)22-13(17(27)20-8-16(25)26)9-30-10-15(24)21-11-4-2-1-3-5-11/h1-5,12-13H,6-10,19H2,(H,20,27)(H,21,24)(H,22,23)(H,25,26)(H,28,29)/p-1. The zero-order chi connectivity index (χ0) is 22.5. The fourth-order valence-electron chi connectivity index (χ4n) is 2.14. The molecule has 1 aromatic rings. The number of hydrogen-bond donors (Lipinski definition) is 4. The van der Waals surface area contributed by atoms with Crippen LogP contribution in [0.3, 0.4) is 0 Å². The quantitative estimate of drug-likeness (QED) is 0.238. The maximum atomic E-state index is 12.1. The molecule has 6 N–H and O–H groups in total. The van der Waals surface area contributed by atoms with Crippen LogP contribution in [0.25, 0.3) is 0 Å². The van der Waals surface area contributed by atoms with Gasteiger partial charge in [-0.25, -0.2) is 0 Å². The van der Waals surface area contributed by atoms with Crippen LogP contribution in [0.5, 0.6) is 0 Å². The van der Waals surface area contributed by atoms with Crippen molar-refractivity contribution in [1.82, 2.24) is 10.6 Å². The molecule has 1 aromatic carbocycles. The molecule has 2 unspecified atom stereocenters. The van der Waals surface area contributed by atoms with Crippen molar-refractivity contribution in [3.8, 4) is 0 Å². The smallest absolute Gasteiger partial charge is 0.243 e. The minimum atomic E-state index is -1.50. The Kier molecular flexibility index (Phi) is 10.9. The van der Waals surface area contributed by atoms with Crippen LogP contribution in [0.4, 0.5) is 5.69 Å². The monoisotopic (exact) mass is 439 g/mol. The molecule has 0 bridgehead atoms. The van der Waals surface area contributed by atoms with Gasteiger partial charge in [-0.05, 0) is 12.1 Å². The number of carbonyl (C=O) groups excluding carboxylic acids is 5. The molecule has 0 radical (unpaired) electrons. The molecule has 0 aliphatic heterocycles. The number of hydrogen-bond acceptors (Lipinski definition) is 8. The predicted octanol–water partition coefficient (Wildman–Crippen LogP) is -4.15. The lowest BCUT2D eigenvalue weighted by Crippen LogP contribution is -2.68. The van der Waals surface area contributed by atoms with Crippen molar-refractivity contribution in [2.75, 3.05) is 23.4 Å². The number of amides is 3. The minimum Gasteiger partial charge on any atom is -0.548 e. The van der Waals surface area contributed by atoms with E-state index in [1.165, 1.54) is 0 Å². The molecular weight excluding hydrogens is 416 g/mol. The number of anilines is 1. The van der Waals surface area contributed by atoms with Gasteiger partial charge >= 0.3 is 0 Å². The molecule has 0 spiro atoms. The van der Waals surface area contributed by atoms with E-state index in [9.17, 15) is 34.2 Å². The number of carboxylic acids is 2. The normalized spacial score (nSPS) is 12.3. The molecule has 11 nitrogen and oxygen atoms in total. The zero-order valence-corrected chi connectivity index (χ0v) is 16.9. The van der Waals surface area contributed by atoms with Gasteiger partial charge in [-0.1, -0.05) is 18.2 Å². The Morgan fingerprint density at radius 1 is 1.03 bits per heavy atom. The Morgan fingerprint density at radius 2 is 1.70 bits per heavy atom. The number of benzene rings is 1. The first-order valence-electron chi connectivity index (χ1n) is 8.92. The Hall–Kier alpha value is -3.12. The second-order valence-corrected chi connectivity index (χ2v) is 7.22. The Morgan fingerprint density at radius 3 is 2.30 bits per heavy atom. The van der Waals surface area contributed by atoms with E-state index in [1.807, 2.05) is 0 Å². The van der Waals surface area contributed by atoms with Crippen molar-refractivity contribution in [2.24, 2.45) is 0 Å². The summed E-state index contributed by atoms with van der Waals surface area (Å²) in [5.74, 6) is -4.63. The van der Waals surface area contributed by atoms with E-state index in [0.29, 0.717) is 5.69 Å². The van der Waals surface area contributed by atoms with Crippen LogP contribution < -0.4 is 31.9 Å². The molecule has 0 heterocycles. The van der Waals surface area contributed by atoms with Gasteiger partial charge in [0.2, 0.25) is 17.7 Å². The number of carbonyl (C=O) groups is 5. The number of para-hydroxylation sites is 1. The summed E-state index contributed by atoms with van der Waals surface area (Å²) in [6.45, 7) is -0.740. The van der Waals surface area contributed by atoms with Crippen molar-refractivity contribution in [3.05, 3.63) is 30.3 Å². The molecule has 0 fully saturated rings. The third-order valence-corrected chi connectivity index (χ3v) is 4.72. The van der Waals surface area contributed by atoms with Crippen LogP contribution in [-0.2, 0) is 24.0 Å². The largest absolute Gasteiger partial charge is 0.548 e. The number of rotatable bonds is 13. The third kappa shape index (κ3) is 10.4. The van der Waals surface area contributed by atoms with Crippen molar-refractivity contribution in [2.45, 2.75) is 24.9 Å². The van der Waals surface area contributed by atoms with Crippen LogP contribution in [0, 0.1) is 0 Å². The zero-order valence-electron chi connectivity index (χ0n) is 16.1. The van der Waals surface area contributed by atoms with E-state index in [-0.39, 0.29) is 30.3 Å². The maximum Gasteiger partial charge on any atom is 0.243 e. The summed E-state index contributed by atoms with van der Waals surface area (Å²) in [5, 5.41) is 28.4. The lowest BCUT2D eigenvalue weighted by molar-refractivity contribution is -0.438. The van der Waals surface area contributed by atoms with Crippen molar-refractivity contribution < 1.29 is 39.9 Å². The Balaban J connectivity index is 2.56. The molecule has 30 heavy (non-hydrogen) atoms. The molecule has 0 aliphatic carbocycles. The second kappa shape index (κ2) is 13.2. The van der Waals surface area contributed by atoms with E-state index in [4.69, 9.17) is 0 Å². The van der Waals surface area contributed by atoms with E-state index >= 15 is 0 Å². The maximum absolute atomic E-state index is 12.1. The highest BCUT2D eigenvalue weighted by Gasteiger charge is 2.22. The van der Waals surface area contributed by atoms with E-state index in [0.717, 1.165) is 11.8 Å². The van der Waals surface area contributed by atoms with E-state index in [2.05, 4.69) is 21.7 Å². The molecule has 1 rings (SSSR count). The first-order chi connectivity index (χ1) is 14.2. The molecule has 2 atom stereocenters. The summed E-state index contributed by atoms with van der Waals surface area (Å²) in [5.41, 5.74) is 3.94. The van der Waals surface area contributed by atoms with Gasteiger partial charge in [-0.2, -0.15) is 0 Å². The lowest BCUT2D eigenvalue weighted by atomic mass is 10.1. The van der Waals surface area contributed by atoms with Crippen LogP contribution >= 0.6 is 11.8 Å². The highest BCUT2D eigenvalue weighted by molar-refractivity contribution is 8.00. The van der Waals surface area contributed by atoms with Crippen LogP contribution in [0.15, 0.2) is 30.3 Å². The first-order valence-corrected chi connectivity index (χ1v) is 10.1. The van der Waals surface area contributed by atoms with E-state index in [1.54, 1.807) is 30.3 Å². The SMILES string of the molecule is [NH3+]C(CCC(=O)NC(CSCC(=O)Nc1ccccc1)C(=O)NCC(=O)[O-])C(=O)[O-]. The minimum absolute atomic E-state index is 0.0128. The van der Waals surface area contributed by atoms with Crippen LogP contribution in [-0.4, -0.2) is 59.8 Å². The summed E-state index contributed by atoms with van der Waals surface area (Å²) in [4.78, 5) is 57.3. The topological polar surface area (TPSA) is 195 Å². The molecule has 0 aliphatic rings. The number of thioether (sulfide) groups is 1. The van der Waals surface area contributed by atoms with Gasteiger partial charge < -0.3 is 41.5 Å². The number of aliphatic carboxylic acids is 2. The Bertz CT molecular complexity index is 760. The summed E-state index contributed by atoms with van der Waals surface area (Å²) in [6, 6.07) is 6.52. The van der Waals surface area contributed by atoms with Crippen LogP contribution in [0.2, 0.25) is 0 Å².